The van der Waals surface area contributed by atoms with E-state index in [4.69, 9.17) is 14.2 Å². The Hall–Kier alpha value is -2.97. The zero-order chi connectivity index (χ0) is 26.2. The van der Waals surface area contributed by atoms with Crippen LogP contribution >= 0.6 is 0 Å². The molecule has 2 bridgehead atoms. The van der Waals surface area contributed by atoms with E-state index in [1.165, 1.54) is 7.11 Å². The molecule has 0 radical (unpaired) electrons. The molecule has 194 valence electrons. The number of aliphatic hydroxyl groups is 1. The van der Waals surface area contributed by atoms with Crippen molar-refractivity contribution in [2.45, 2.75) is 51.6 Å². The van der Waals surface area contributed by atoms with Gasteiger partial charge in [-0.1, -0.05) is 0 Å². The van der Waals surface area contributed by atoms with Crippen molar-refractivity contribution < 1.29 is 34.3 Å². The van der Waals surface area contributed by atoms with Crippen molar-refractivity contribution in [1.82, 2.24) is 4.90 Å². The molecule has 0 spiro atoms. The van der Waals surface area contributed by atoms with E-state index in [0.29, 0.717) is 46.8 Å². The molecule has 2 aromatic carbocycles. The zero-order valence-corrected chi connectivity index (χ0v) is 21.9. The number of ether oxygens (including phenoxy) is 3. The number of carbonyl (C=O) groups excluding carboxylic acids is 1. The molecule has 3 N–H and O–H groups in total. The van der Waals surface area contributed by atoms with E-state index in [0.717, 1.165) is 22.3 Å². The summed E-state index contributed by atoms with van der Waals surface area (Å²) in [6, 6.07) is -0.759. The van der Waals surface area contributed by atoms with Crippen molar-refractivity contribution in [3.63, 3.8) is 0 Å². The highest BCUT2D eigenvalue weighted by atomic mass is 16.5. The van der Waals surface area contributed by atoms with Crippen LogP contribution in [0.25, 0.3) is 0 Å². The second kappa shape index (κ2) is 8.56. The second-order valence-electron chi connectivity index (χ2n) is 10.4. The number of phenols is 2. The standard InChI is InChI=1S/C28H35NO7/c1-11-12(2)27(35-6)20-15(23(11)31)8-14-19(17(20)10-30)24(32)18-9-16-21(22(14)29(18)4)25(33)28(36-7)13(3)26(16)34-5/h14,17-19,22,30-31,33H,8-10H2,1-7H3/t14-,17-,18?,19?,22?/m1/s1. The van der Waals surface area contributed by atoms with E-state index >= 15 is 0 Å². The summed E-state index contributed by atoms with van der Waals surface area (Å²) in [6.45, 7) is 5.32. The molecule has 1 aliphatic carbocycles. The number of aliphatic hydroxyl groups excluding tert-OH is 1. The molecular formula is C28H35NO7. The number of aromatic hydroxyl groups is 2. The predicted octanol–water partition coefficient (Wildman–Crippen LogP) is 3.09. The fraction of sp³-hybridized carbons (Fsp3) is 0.536. The van der Waals surface area contributed by atoms with E-state index in [2.05, 4.69) is 0 Å². The quantitative estimate of drug-likeness (QED) is 0.592. The van der Waals surface area contributed by atoms with Gasteiger partial charge in [-0.15, -0.1) is 0 Å². The minimum atomic E-state index is -0.525. The summed E-state index contributed by atoms with van der Waals surface area (Å²) < 4.78 is 17.1. The molecule has 5 atom stereocenters. The number of hydrogen-bond acceptors (Lipinski definition) is 8. The van der Waals surface area contributed by atoms with Gasteiger partial charge in [-0.25, -0.2) is 0 Å². The molecule has 1 saturated heterocycles. The Balaban J connectivity index is 1.80. The molecule has 36 heavy (non-hydrogen) atoms. The van der Waals surface area contributed by atoms with Gasteiger partial charge in [0.2, 0.25) is 0 Å². The summed E-state index contributed by atoms with van der Waals surface area (Å²) in [5.41, 5.74) is 5.17. The molecule has 2 aromatic rings. The van der Waals surface area contributed by atoms with Gasteiger partial charge in [-0.05, 0) is 57.7 Å². The Bertz CT molecular complexity index is 1270. The van der Waals surface area contributed by atoms with Crippen molar-refractivity contribution in [2.75, 3.05) is 35.0 Å². The first-order valence-electron chi connectivity index (χ1n) is 12.4. The molecule has 5 rings (SSSR count). The number of hydrogen-bond donors (Lipinski definition) is 3. The van der Waals surface area contributed by atoms with Crippen LogP contribution in [-0.4, -0.2) is 67.0 Å². The van der Waals surface area contributed by atoms with Crippen molar-refractivity contribution in [3.8, 4) is 28.7 Å². The Morgan fingerprint density at radius 3 is 2.06 bits per heavy atom. The number of piperidine rings is 1. The lowest BCUT2D eigenvalue weighted by atomic mass is 9.57. The maximum Gasteiger partial charge on any atom is 0.167 e. The normalized spacial score (nSPS) is 26.7. The highest BCUT2D eigenvalue weighted by Crippen LogP contribution is 2.60. The lowest BCUT2D eigenvalue weighted by molar-refractivity contribution is -0.142. The highest BCUT2D eigenvalue weighted by molar-refractivity contribution is 5.91. The number of ketones is 1. The Morgan fingerprint density at radius 2 is 1.47 bits per heavy atom. The molecule has 3 unspecified atom stereocenters. The predicted molar refractivity (Wildman–Crippen MR) is 134 cm³/mol. The molecular weight excluding hydrogens is 462 g/mol. The maximum atomic E-state index is 14.1. The lowest BCUT2D eigenvalue weighted by Gasteiger charge is -2.55. The second-order valence-corrected chi connectivity index (χ2v) is 10.4. The largest absolute Gasteiger partial charge is 0.507 e. The monoisotopic (exact) mass is 497 g/mol. The number of rotatable bonds is 4. The topological polar surface area (TPSA) is 109 Å². The van der Waals surface area contributed by atoms with E-state index in [1.807, 2.05) is 32.7 Å². The lowest BCUT2D eigenvalue weighted by Crippen LogP contribution is -2.60. The number of benzene rings is 2. The summed E-state index contributed by atoms with van der Waals surface area (Å²) in [5, 5.41) is 33.3. The number of fused-ring (bicyclic) bond motifs is 7. The van der Waals surface area contributed by atoms with Crippen molar-refractivity contribution in [2.24, 2.45) is 11.8 Å². The molecule has 3 aliphatic rings. The van der Waals surface area contributed by atoms with Gasteiger partial charge in [-0.3, -0.25) is 9.69 Å². The smallest absolute Gasteiger partial charge is 0.167 e. The molecule has 1 fully saturated rings. The number of carbonyl (C=O) groups is 1. The van der Waals surface area contributed by atoms with E-state index in [1.54, 1.807) is 14.2 Å². The Kier molecular flexibility index (Phi) is 5.87. The fourth-order valence-electron chi connectivity index (χ4n) is 7.38. The van der Waals surface area contributed by atoms with E-state index in [-0.39, 0.29) is 35.8 Å². The van der Waals surface area contributed by atoms with Crippen LogP contribution in [-0.2, 0) is 17.6 Å². The fourth-order valence-corrected chi connectivity index (χ4v) is 7.38. The van der Waals surface area contributed by atoms with Crippen molar-refractivity contribution in [1.29, 1.82) is 0 Å². The minimum Gasteiger partial charge on any atom is -0.507 e. The average Bonchev–Trinajstić information content (AvgIpc) is 2.86. The molecule has 8 heteroatoms. The zero-order valence-electron chi connectivity index (χ0n) is 21.9. The van der Waals surface area contributed by atoms with E-state index in [9.17, 15) is 20.1 Å². The summed E-state index contributed by atoms with van der Waals surface area (Å²) >= 11 is 0. The summed E-state index contributed by atoms with van der Waals surface area (Å²) in [7, 11) is 6.60. The van der Waals surface area contributed by atoms with Gasteiger partial charge in [0.25, 0.3) is 0 Å². The van der Waals surface area contributed by atoms with Gasteiger partial charge in [0, 0.05) is 45.7 Å². The maximum absolute atomic E-state index is 14.1. The molecule has 2 heterocycles. The van der Waals surface area contributed by atoms with Gasteiger partial charge in [0.15, 0.2) is 17.3 Å². The van der Waals surface area contributed by atoms with Crippen LogP contribution in [0.2, 0.25) is 0 Å². The van der Waals surface area contributed by atoms with Crippen LogP contribution in [0.5, 0.6) is 28.7 Å². The van der Waals surface area contributed by atoms with Crippen LogP contribution in [0, 0.1) is 32.6 Å². The first-order valence-corrected chi connectivity index (χ1v) is 12.4. The average molecular weight is 498 g/mol. The van der Waals surface area contributed by atoms with Gasteiger partial charge in [-0.2, -0.15) is 0 Å². The van der Waals surface area contributed by atoms with Crippen LogP contribution < -0.4 is 14.2 Å². The number of phenolic OH excluding ortho intramolecular Hbond substituents is 2. The van der Waals surface area contributed by atoms with Crippen molar-refractivity contribution >= 4 is 5.78 Å². The first-order chi connectivity index (χ1) is 17.1. The third-order valence-corrected chi connectivity index (χ3v) is 9.07. The molecule has 0 aromatic heterocycles. The van der Waals surface area contributed by atoms with Crippen LogP contribution in [0.4, 0.5) is 0 Å². The SMILES string of the molecule is COc1c(C)c(OC)c2c(c1O)C1[C@@H]3Cc4c(O)c(C)c(C)c(OC)c4[C@H](CO)C3C(=O)C(C2)N1C. The minimum absolute atomic E-state index is 0.0578. The Morgan fingerprint density at radius 1 is 0.833 bits per heavy atom. The third kappa shape index (κ3) is 2.97. The Labute approximate surface area is 211 Å². The third-order valence-electron chi connectivity index (χ3n) is 9.07. The summed E-state index contributed by atoms with van der Waals surface area (Å²) in [6.07, 6.45) is 0.803. The number of nitrogens with zero attached hydrogens (tertiary/aromatic N) is 1. The van der Waals surface area contributed by atoms with Crippen LogP contribution in [0.15, 0.2) is 0 Å². The van der Waals surface area contributed by atoms with Gasteiger partial charge in [0.1, 0.15) is 17.2 Å². The summed E-state index contributed by atoms with van der Waals surface area (Å²) in [5.74, 6) is 0.595. The number of Topliss-reactive ketones (excluding diaryl/α,β-unsaturated/α-hetero) is 1. The summed E-state index contributed by atoms with van der Waals surface area (Å²) in [4.78, 5) is 16.2. The van der Waals surface area contributed by atoms with Gasteiger partial charge < -0.3 is 29.5 Å². The molecule has 0 amide bonds. The number of methoxy groups -OCH3 is 3. The highest BCUT2D eigenvalue weighted by Gasteiger charge is 2.57. The van der Waals surface area contributed by atoms with Gasteiger partial charge >= 0.3 is 0 Å². The van der Waals surface area contributed by atoms with Crippen molar-refractivity contribution in [3.05, 3.63) is 38.9 Å². The molecule has 2 aliphatic heterocycles. The van der Waals surface area contributed by atoms with Gasteiger partial charge in [0.05, 0.1) is 34.0 Å². The molecule has 0 saturated carbocycles. The van der Waals surface area contributed by atoms with Crippen LogP contribution in [0.3, 0.4) is 0 Å². The van der Waals surface area contributed by atoms with E-state index < -0.39 is 17.9 Å². The van der Waals surface area contributed by atoms with Crippen LogP contribution in [0.1, 0.15) is 50.9 Å². The molecule has 8 nitrogen and oxygen atoms in total. The first kappa shape index (κ1) is 24.7. The number of likely N-dealkylation sites (N-methyl/N-ethyl adjacent to an activating group) is 1.